The zero-order valence-electron chi connectivity index (χ0n) is 14.7. The normalized spacial score (nSPS) is 11.1. The molecule has 0 aliphatic carbocycles. The molecule has 0 atom stereocenters. The van der Waals surface area contributed by atoms with Crippen LogP contribution in [-0.2, 0) is 0 Å². The molecule has 0 fully saturated rings. The lowest BCUT2D eigenvalue weighted by atomic mass is 10.2. The molecule has 8 heteroatoms. The predicted molar refractivity (Wildman–Crippen MR) is 107 cm³/mol. The topological polar surface area (TPSA) is 47.8 Å². The third-order valence-corrected chi connectivity index (χ3v) is 6.85. The number of nitrogens with zero attached hydrogens (tertiary/aromatic N) is 3. The van der Waals surface area contributed by atoms with Gasteiger partial charge in [-0.2, -0.15) is 0 Å². The fourth-order valence-corrected chi connectivity index (χ4v) is 5.50. The van der Waals surface area contributed by atoms with Crippen LogP contribution < -0.4 is 0 Å². The van der Waals surface area contributed by atoms with Gasteiger partial charge in [-0.1, -0.05) is 47.9 Å². The summed E-state index contributed by atoms with van der Waals surface area (Å²) in [4.78, 5) is 12.7. The van der Waals surface area contributed by atoms with Crippen LogP contribution in [0.25, 0.3) is 5.69 Å². The number of Topliss-reactive ketones (excluding diaryl/α,β-unsaturated/α-hetero) is 1. The maximum absolute atomic E-state index is 13.5. The molecule has 136 valence electrons. The van der Waals surface area contributed by atoms with Gasteiger partial charge in [0, 0.05) is 22.6 Å². The van der Waals surface area contributed by atoms with E-state index in [1.54, 1.807) is 17.8 Å². The highest BCUT2D eigenvalue weighted by Crippen LogP contribution is 2.30. The number of carbonyl (C=O) groups excluding carboxylic acids is 1. The molecule has 3 rings (SSSR count). The molecule has 0 saturated heterocycles. The number of hydrogen-bond acceptors (Lipinski definition) is 6. The zero-order valence-corrected chi connectivity index (χ0v) is 17.1. The number of carbonyl (C=O) groups is 1. The third-order valence-electron chi connectivity index (χ3n) is 3.78. The van der Waals surface area contributed by atoms with Gasteiger partial charge in [-0.25, -0.2) is 4.39 Å². The molecule has 0 amide bonds. The van der Waals surface area contributed by atoms with Crippen LogP contribution in [0.3, 0.4) is 0 Å². The quantitative estimate of drug-likeness (QED) is 0.399. The van der Waals surface area contributed by atoms with Gasteiger partial charge in [0.15, 0.2) is 14.5 Å². The highest BCUT2D eigenvalue weighted by molar-refractivity contribution is 8.03. The molecule has 1 aromatic carbocycles. The van der Waals surface area contributed by atoms with E-state index in [1.165, 1.54) is 35.2 Å². The maximum atomic E-state index is 13.5. The Kier molecular flexibility index (Phi) is 6.16. The van der Waals surface area contributed by atoms with Gasteiger partial charge in [0.05, 0.1) is 5.75 Å². The molecular formula is C18H18FN3OS3. The Labute approximate surface area is 164 Å². The lowest BCUT2D eigenvalue weighted by Gasteiger charge is -2.09. The van der Waals surface area contributed by atoms with Crippen molar-refractivity contribution in [1.82, 2.24) is 14.8 Å². The zero-order chi connectivity index (χ0) is 18.7. The van der Waals surface area contributed by atoms with E-state index in [0.29, 0.717) is 11.3 Å². The minimum Gasteiger partial charge on any atom is -0.318 e. The van der Waals surface area contributed by atoms with Crippen molar-refractivity contribution in [3.8, 4) is 5.69 Å². The Morgan fingerprint density at radius 2 is 1.92 bits per heavy atom. The smallest absolute Gasteiger partial charge is 0.175 e. The van der Waals surface area contributed by atoms with Crippen molar-refractivity contribution in [2.24, 2.45) is 0 Å². The van der Waals surface area contributed by atoms with Crippen molar-refractivity contribution in [2.45, 2.75) is 29.5 Å². The second kappa shape index (κ2) is 8.37. The standard InChI is InChI=1S/C18H18FN3OS3/c1-4-24-17-20-21-18(26-17)25-10-16(23)15-8-11(2)22(12(15)3)14-7-5-6-13(19)9-14/h5-9H,4,10H2,1-3H3. The highest BCUT2D eigenvalue weighted by atomic mass is 32.2. The SMILES string of the molecule is CCSc1nnc(SCC(=O)c2cc(C)n(-c3cccc(F)c3)c2C)s1. The lowest BCUT2D eigenvalue weighted by molar-refractivity contribution is 0.102. The molecule has 4 nitrogen and oxygen atoms in total. The number of benzene rings is 1. The van der Waals surface area contributed by atoms with E-state index in [-0.39, 0.29) is 11.6 Å². The van der Waals surface area contributed by atoms with E-state index in [1.807, 2.05) is 30.5 Å². The number of rotatable bonds is 7. The molecule has 3 aromatic rings. The Bertz CT molecular complexity index is 936. The van der Waals surface area contributed by atoms with E-state index >= 15 is 0 Å². The summed E-state index contributed by atoms with van der Waals surface area (Å²) in [5, 5.41) is 8.21. The molecule has 0 aliphatic rings. The van der Waals surface area contributed by atoms with E-state index in [0.717, 1.165) is 31.5 Å². The van der Waals surface area contributed by atoms with Gasteiger partial charge in [0.1, 0.15) is 5.82 Å². The van der Waals surface area contributed by atoms with Crippen molar-refractivity contribution in [3.63, 3.8) is 0 Å². The van der Waals surface area contributed by atoms with Crippen molar-refractivity contribution < 1.29 is 9.18 Å². The second-order valence-electron chi connectivity index (χ2n) is 5.58. The van der Waals surface area contributed by atoms with Crippen LogP contribution >= 0.6 is 34.9 Å². The van der Waals surface area contributed by atoms with E-state index in [2.05, 4.69) is 17.1 Å². The minimum atomic E-state index is -0.296. The Morgan fingerprint density at radius 3 is 2.62 bits per heavy atom. The van der Waals surface area contributed by atoms with Crippen LogP contribution in [0.2, 0.25) is 0 Å². The lowest BCUT2D eigenvalue weighted by Crippen LogP contribution is -2.05. The van der Waals surface area contributed by atoms with Gasteiger partial charge >= 0.3 is 0 Å². The van der Waals surface area contributed by atoms with Crippen LogP contribution in [0.15, 0.2) is 39.0 Å². The summed E-state index contributed by atoms with van der Waals surface area (Å²) in [7, 11) is 0. The van der Waals surface area contributed by atoms with Gasteiger partial charge in [0.25, 0.3) is 0 Å². The molecule has 2 heterocycles. The van der Waals surface area contributed by atoms with Crippen molar-refractivity contribution in [2.75, 3.05) is 11.5 Å². The summed E-state index contributed by atoms with van der Waals surface area (Å²) >= 11 is 4.56. The Morgan fingerprint density at radius 1 is 1.19 bits per heavy atom. The molecule has 2 aromatic heterocycles. The summed E-state index contributed by atoms with van der Waals surface area (Å²) in [6.07, 6.45) is 0. The van der Waals surface area contributed by atoms with Crippen molar-refractivity contribution in [1.29, 1.82) is 0 Å². The van der Waals surface area contributed by atoms with Gasteiger partial charge in [-0.05, 0) is 43.9 Å². The fraction of sp³-hybridized carbons (Fsp3) is 0.278. The largest absolute Gasteiger partial charge is 0.318 e. The summed E-state index contributed by atoms with van der Waals surface area (Å²) < 4.78 is 17.2. The first-order valence-electron chi connectivity index (χ1n) is 8.06. The minimum absolute atomic E-state index is 0.0330. The number of hydrogen-bond donors (Lipinski definition) is 0. The van der Waals surface area contributed by atoms with Gasteiger partial charge in [-0.3, -0.25) is 4.79 Å². The number of thioether (sulfide) groups is 2. The maximum Gasteiger partial charge on any atom is 0.175 e. The molecular weight excluding hydrogens is 389 g/mol. The van der Waals surface area contributed by atoms with Crippen LogP contribution in [0.4, 0.5) is 4.39 Å². The van der Waals surface area contributed by atoms with Crippen LogP contribution in [0, 0.1) is 19.7 Å². The first kappa shape index (κ1) is 19.1. The average Bonchev–Trinajstić information content (AvgIpc) is 3.17. The first-order valence-corrected chi connectivity index (χ1v) is 10.9. The molecule has 0 spiro atoms. The molecule has 0 unspecified atom stereocenters. The molecule has 0 aliphatic heterocycles. The van der Waals surface area contributed by atoms with Crippen molar-refractivity contribution in [3.05, 3.63) is 53.1 Å². The van der Waals surface area contributed by atoms with E-state index in [9.17, 15) is 9.18 Å². The fourth-order valence-electron chi connectivity index (χ4n) is 2.70. The number of ketones is 1. The summed E-state index contributed by atoms with van der Waals surface area (Å²) in [5.41, 5.74) is 3.10. The summed E-state index contributed by atoms with van der Waals surface area (Å²) in [6, 6.07) is 8.24. The average molecular weight is 408 g/mol. The number of halogens is 1. The summed E-state index contributed by atoms with van der Waals surface area (Å²) in [6.45, 7) is 5.87. The van der Waals surface area contributed by atoms with Crippen LogP contribution in [0.1, 0.15) is 28.7 Å². The van der Waals surface area contributed by atoms with Gasteiger partial charge in [-0.15, -0.1) is 10.2 Å². The van der Waals surface area contributed by atoms with Gasteiger partial charge in [0.2, 0.25) is 0 Å². The van der Waals surface area contributed by atoms with Crippen LogP contribution in [-0.4, -0.2) is 32.1 Å². The third kappa shape index (κ3) is 4.19. The molecule has 0 radical (unpaired) electrons. The Hall–Kier alpha value is -1.64. The first-order chi connectivity index (χ1) is 12.5. The molecule has 0 N–H and O–H groups in total. The Balaban J connectivity index is 1.76. The predicted octanol–water partition coefficient (Wildman–Crippen LogP) is 5.17. The van der Waals surface area contributed by atoms with Crippen LogP contribution in [0.5, 0.6) is 0 Å². The second-order valence-corrected chi connectivity index (χ2v) is 9.29. The van der Waals surface area contributed by atoms with Gasteiger partial charge < -0.3 is 4.57 Å². The van der Waals surface area contributed by atoms with Crippen molar-refractivity contribution >= 4 is 40.6 Å². The monoisotopic (exact) mass is 407 g/mol. The summed E-state index contributed by atoms with van der Waals surface area (Å²) in [5.74, 6) is 0.990. The molecule has 26 heavy (non-hydrogen) atoms. The number of aryl methyl sites for hydroxylation is 1. The van der Waals surface area contributed by atoms with E-state index < -0.39 is 0 Å². The molecule has 0 bridgehead atoms. The molecule has 0 saturated carbocycles. The van der Waals surface area contributed by atoms with E-state index in [4.69, 9.17) is 0 Å². The number of aromatic nitrogens is 3. The highest BCUT2D eigenvalue weighted by Gasteiger charge is 2.18.